The molecule has 0 radical (unpaired) electrons. The molecule has 1 fully saturated rings. The molecule has 2 rings (SSSR count). The molecule has 0 saturated heterocycles. The summed E-state index contributed by atoms with van der Waals surface area (Å²) >= 11 is 0. The third-order valence-corrected chi connectivity index (χ3v) is 5.27. The number of hydrogen-bond donors (Lipinski definition) is 2. The van der Waals surface area contributed by atoms with Gasteiger partial charge in [0.15, 0.2) is 0 Å². The van der Waals surface area contributed by atoms with Gasteiger partial charge in [-0.2, -0.15) is 0 Å². The summed E-state index contributed by atoms with van der Waals surface area (Å²) in [6.45, 7) is 2.50. The highest BCUT2D eigenvalue weighted by Gasteiger charge is 2.33. The van der Waals surface area contributed by atoms with E-state index in [0.717, 1.165) is 25.3 Å². The summed E-state index contributed by atoms with van der Waals surface area (Å²) in [6, 6.07) is 3.65. The number of nitrogens with two attached hydrogens (primary N) is 1. The summed E-state index contributed by atoms with van der Waals surface area (Å²) in [5.41, 5.74) is 5.96. The Kier molecular flexibility index (Phi) is 3.94. The molecule has 0 spiro atoms. The summed E-state index contributed by atoms with van der Waals surface area (Å²) in [5.74, 6) is -0.576. The molecule has 0 aromatic heterocycles. The second-order valence-electron chi connectivity index (χ2n) is 5.44. The van der Waals surface area contributed by atoms with E-state index in [1.165, 1.54) is 12.1 Å². The Bertz CT molecular complexity index is 568. The molecule has 4 nitrogen and oxygen atoms in total. The van der Waals surface area contributed by atoms with E-state index in [9.17, 15) is 12.8 Å². The highest BCUT2D eigenvalue weighted by atomic mass is 32.2. The smallest absolute Gasteiger partial charge is 0.241 e. The Labute approximate surface area is 113 Å². The van der Waals surface area contributed by atoms with Gasteiger partial charge in [0, 0.05) is 13.1 Å². The first-order chi connectivity index (χ1) is 8.86. The van der Waals surface area contributed by atoms with E-state index in [1.54, 1.807) is 0 Å². The van der Waals surface area contributed by atoms with Crippen molar-refractivity contribution in [3.05, 3.63) is 29.6 Å². The van der Waals surface area contributed by atoms with Crippen LogP contribution in [-0.2, 0) is 16.6 Å². The molecule has 6 heteroatoms. The quantitative estimate of drug-likeness (QED) is 0.866. The Balaban J connectivity index is 2.21. The van der Waals surface area contributed by atoms with Crippen LogP contribution >= 0.6 is 0 Å². The van der Waals surface area contributed by atoms with E-state index in [2.05, 4.69) is 11.6 Å². The summed E-state index contributed by atoms with van der Waals surface area (Å²) in [7, 11) is -3.70. The van der Waals surface area contributed by atoms with E-state index >= 15 is 0 Å². The van der Waals surface area contributed by atoms with E-state index < -0.39 is 15.8 Å². The standard InChI is InChI=1S/C13H19FN2O2S/c1-13(5-2-6-13)9-16-19(17,18)12-7-11(14)4-3-10(12)8-15/h3-4,7,16H,2,5-6,8-9,15H2,1H3. The maximum absolute atomic E-state index is 13.2. The third-order valence-electron chi connectivity index (χ3n) is 3.79. The fraction of sp³-hybridized carbons (Fsp3) is 0.538. The van der Waals surface area contributed by atoms with Gasteiger partial charge in [0.1, 0.15) is 5.82 Å². The number of benzene rings is 1. The summed E-state index contributed by atoms with van der Waals surface area (Å²) < 4.78 is 40.2. The van der Waals surface area contributed by atoms with Crippen molar-refractivity contribution < 1.29 is 12.8 Å². The number of nitrogens with one attached hydrogen (secondary N) is 1. The zero-order chi connectivity index (χ0) is 14.1. The number of halogens is 1. The van der Waals surface area contributed by atoms with E-state index in [0.29, 0.717) is 12.1 Å². The lowest BCUT2D eigenvalue weighted by Crippen LogP contribution is -2.40. The normalized spacial score (nSPS) is 18.1. The van der Waals surface area contributed by atoms with Crippen molar-refractivity contribution in [2.45, 2.75) is 37.6 Å². The molecule has 0 bridgehead atoms. The molecular weight excluding hydrogens is 267 g/mol. The minimum absolute atomic E-state index is 0.0310. The van der Waals surface area contributed by atoms with Gasteiger partial charge >= 0.3 is 0 Å². The van der Waals surface area contributed by atoms with Gasteiger partial charge in [-0.3, -0.25) is 0 Å². The lowest BCUT2D eigenvalue weighted by atomic mass is 9.71. The molecule has 0 atom stereocenters. The molecule has 1 saturated carbocycles. The average Bonchev–Trinajstić information content (AvgIpc) is 2.34. The number of hydrogen-bond acceptors (Lipinski definition) is 3. The fourth-order valence-electron chi connectivity index (χ4n) is 2.25. The van der Waals surface area contributed by atoms with Crippen LogP contribution in [0.4, 0.5) is 4.39 Å². The van der Waals surface area contributed by atoms with Crippen LogP contribution in [0.5, 0.6) is 0 Å². The summed E-state index contributed by atoms with van der Waals surface area (Å²) in [6.07, 6.45) is 3.16. The van der Waals surface area contributed by atoms with Crippen LogP contribution in [-0.4, -0.2) is 15.0 Å². The van der Waals surface area contributed by atoms with Crippen LogP contribution < -0.4 is 10.5 Å². The minimum atomic E-state index is -3.70. The molecule has 1 aliphatic carbocycles. The predicted octanol–water partition coefficient (Wildman–Crippen LogP) is 1.75. The van der Waals surface area contributed by atoms with Crippen molar-refractivity contribution in [3.63, 3.8) is 0 Å². The largest absolute Gasteiger partial charge is 0.326 e. The first-order valence-corrected chi connectivity index (χ1v) is 7.83. The van der Waals surface area contributed by atoms with Crippen molar-refractivity contribution in [2.24, 2.45) is 11.1 Å². The maximum Gasteiger partial charge on any atom is 0.241 e. The Morgan fingerprint density at radius 2 is 2.11 bits per heavy atom. The van der Waals surface area contributed by atoms with Crippen molar-refractivity contribution in [3.8, 4) is 0 Å². The molecule has 0 amide bonds. The molecular formula is C13H19FN2O2S. The molecule has 0 aliphatic heterocycles. The molecule has 1 aliphatic rings. The number of sulfonamides is 1. The van der Waals surface area contributed by atoms with E-state index in [-0.39, 0.29) is 16.9 Å². The van der Waals surface area contributed by atoms with Gasteiger partial charge in [-0.15, -0.1) is 0 Å². The topological polar surface area (TPSA) is 72.2 Å². The average molecular weight is 286 g/mol. The maximum atomic E-state index is 13.2. The Hall–Kier alpha value is -0.980. The van der Waals surface area contributed by atoms with Gasteiger partial charge in [0.25, 0.3) is 0 Å². The Morgan fingerprint density at radius 3 is 2.63 bits per heavy atom. The van der Waals surface area contributed by atoms with Crippen LogP contribution in [0.25, 0.3) is 0 Å². The first kappa shape index (κ1) is 14.4. The molecule has 0 unspecified atom stereocenters. The summed E-state index contributed by atoms with van der Waals surface area (Å²) in [5, 5.41) is 0. The zero-order valence-corrected chi connectivity index (χ0v) is 11.8. The third kappa shape index (κ3) is 3.13. The van der Waals surface area contributed by atoms with Crippen LogP contribution in [0, 0.1) is 11.2 Å². The Morgan fingerprint density at radius 1 is 1.42 bits per heavy atom. The van der Waals surface area contributed by atoms with E-state index in [1.807, 2.05) is 0 Å². The molecule has 3 N–H and O–H groups in total. The lowest BCUT2D eigenvalue weighted by molar-refractivity contribution is 0.166. The summed E-state index contributed by atoms with van der Waals surface area (Å²) in [4.78, 5) is -0.0575. The highest BCUT2D eigenvalue weighted by molar-refractivity contribution is 7.89. The van der Waals surface area contributed by atoms with Crippen LogP contribution in [0.15, 0.2) is 23.1 Å². The second-order valence-corrected chi connectivity index (χ2v) is 7.18. The molecule has 1 aromatic carbocycles. The van der Waals surface area contributed by atoms with Gasteiger partial charge in [-0.1, -0.05) is 19.4 Å². The predicted molar refractivity (Wildman–Crippen MR) is 71.4 cm³/mol. The zero-order valence-electron chi connectivity index (χ0n) is 10.9. The monoisotopic (exact) mass is 286 g/mol. The van der Waals surface area contributed by atoms with Crippen molar-refractivity contribution >= 4 is 10.0 Å². The van der Waals surface area contributed by atoms with Crippen LogP contribution in [0.1, 0.15) is 31.7 Å². The number of rotatable bonds is 5. The van der Waals surface area contributed by atoms with E-state index in [4.69, 9.17) is 5.73 Å². The lowest BCUT2D eigenvalue weighted by Gasteiger charge is -2.38. The van der Waals surface area contributed by atoms with Crippen molar-refractivity contribution in [1.82, 2.24) is 4.72 Å². The minimum Gasteiger partial charge on any atom is -0.326 e. The molecule has 0 heterocycles. The SMILES string of the molecule is CC1(CNS(=O)(=O)c2cc(F)ccc2CN)CCC1. The first-order valence-electron chi connectivity index (χ1n) is 6.34. The van der Waals surface area contributed by atoms with Crippen molar-refractivity contribution in [1.29, 1.82) is 0 Å². The van der Waals surface area contributed by atoms with Gasteiger partial charge in [0.2, 0.25) is 10.0 Å². The van der Waals surface area contributed by atoms with Crippen LogP contribution in [0.2, 0.25) is 0 Å². The van der Waals surface area contributed by atoms with Crippen LogP contribution in [0.3, 0.4) is 0 Å². The fourth-order valence-corrected chi connectivity index (χ4v) is 3.71. The van der Waals surface area contributed by atoms with Gasteiger partial charge < -0.3 is 5.73 Å². The molecule has 19 heavy (non-hydrogen) atoms. The molecule has 106 valence electrons. The van der Waals surface area contributed by atoms with Gasteiger partial charge in [-0.05, 0) is 36.0 Å². The highest BCUT2D eigenvalue weighted by Crippen LogP contribution is 2.39. The van der Waals surface area contributed by atoms with Gasteiger partial charge in [-0.25, -0.2) is 17.5 Å². The molecule has 1 aromatic rings. The van der Waals surface area contributed by atoms with Crippen molar-refractivity contribution in [2.75, 3.05) is 6.54 Å². The van der Waals surface area contributed by atoms with Gasteiger partial charge in [0.05, 0.1) is 4.90 Å². The second kappa shape index (κ2) is 5.19.